The number of aromatic nitrogens is 1. The molecule has 0 amide bonds. The maximum Gasteiger partial charge on any atom is 0.128 e. The van der Waals surface area contributed by atoms with E-state index >= 15 is 0 Å². The molecule has 2 rings (SSSR count). The highest BCUT2D eigenvalue weighted by molar-refractivity contribution is 5.67. The summed E-state index contributed by atoms with van der Waals surface area (Å²) in [6.07, 6.45) is 1.55. The Balaban J connectivity index is 2.55. The molecule has 14 heavy (non-hydrogen) atoms. The third kappa shape index (κ3) is 1.48. The normalized spacial score (nSPS) is 10.1. The van der Waals surface area contributed by atoms with Gasteiger partial charge in [-0.05, 0) is 19.1 Å². The summed E-state index contributed by atoms with van der Waals surface area (Å²) in [6.45, 7) is 2.03. The van der Waals surface area contributed by atoms with Crippen molar-refractivity contribution < 1.29 is 9.26 Å². The summed E-state index contributed by atoms with van der Waals surface area (Å²) in [6, 6.07) is 7.77. The summed E-state index contributed by atoms with van der Waals surface area (Å²) in [7, 11) is 1.65. The molecule has 3 heteroatoms. The molecule has 0 radical (unpaired) electrons. The van der Waals surface area contributed by atoms with Gasteiger partial charge in [-0.2, -0.15) is 0 Å². The number of hydrogen-bond donors (Lipinski definition) is 0. The summed E-state index contributed by atoms with van der Waals surface area (Å²) in [4.78, 5) is 0. The van der Waals surface area contributed by atoms with Crippen LogP contribution in [0.1, 0.15) is 5.56 Å². The topological polar surface area (TPSA) is 35.3 Å². The molecule has 0 bridgehead atoms. The fourth-order valence-corrected chi connectivity index (χ4v) is 1.37. The number of hydrogen-bond acceptors (Lipinski definition) is 3. The van der Waals surface area contributed by atoms with Crippen LogP contribution in [-0.4, -0.2) is 12.3 Å². The molecule has 0 aliphatic carbocycles. The fourth-order valence-electron chi connectivity index (χ4n) is 1.37. The summed E-state index contributed by atoms with van der Waals surface area (Å²) in [5.74, 6) is 0.810. The molecule has 3 nitrogen and oxygen atoms in total. The lowest BCUT2D eigenvalue weighted by molar-refractivity contribution is 0.411. The van der Waals surface area contributed by atoms with E-state index in [1.54, 1.807) is 13.4 Å². The Morgan fingerprint density at radius 1 is 1.29 bits per heavy atom. The van der Waals surface area contributed by atoms with Gasteiger partial charge in [-0.1, -0.05) is 16.8 Å². The average molecular weight is 189 g/mol. The van der Waals surface area contributed by atoms with E-state index in [9.17, 15) is 0 Å². The van der Waals surface area contributed by atoms with E-state index in [-0.39, 0.29) is 0 Å². The van der Waals surface area contributed by atoms with E-state index in [1.807, 2.05) is 31.2 Å². The van der Waals surface area contributed by atoms with Crippen molar-refractivity contribution in [1.82, 2.24) is 5.16 Å². The monoisotopic (exact) mass is 189 g/mol. The van der Waals surface area contributed by atoms with Crippen LogP contribution < -0.4 is 4.74 Å². The highest BCUT2D eigenvalue weighted by Gasteiger charge is 2.07. The first-order chi connectivity index (χ1) is 6.81. The maximum absolute atomic E-state index is 5.24. The van der Waals surface area contributed by atoms with Crippen LogP contribution >= 0.6 is 0 Å². The molecular formula is C11H11NO2. The number of aryl methyl sites for hydroxylation is 1. The average Bonchev–Trinajstić information content (AvgIpc) is 2.70. The van der Waals surface area contributed by atoms with Crippen molar-refractivity contribution in [3.63, 3.8) is 0 Å². The molecule has 0 spiro atoms. The SMILES string of the molecule is COc1ccc(C)cc1-c1ccon1. The molecule has 0 unspecified atom stereocenters. The van der Waals surface area contributed by atoms with Crippen LogP contribution in [0.15, 0.2) is 35.1 Å². The first-order valence-electron chi connectivity index (χ1n) is 4.36. The lowest BCUT2D eigenvalue weighted by Crippen LogP contribution is -1.88. The second-order valence-corrected chi connectivity index (χ2v) is 3.09. The van der Waals surface area contributed by atoms with Crippen molar-refractivity contribution in [3.8, 4) is 17.0 Å². The Hall–Kier alpha value is -1.77. The van der Waals surface area contributed by atoms with E-state index in [4.69, 9.17) is 9.26 Å². The molecule has 0 aliphatic heterocycles. The zero-order valence-electron chi connectivity index (χ0n) is 8.15. The van der Waals surface area contributed by atoms with Gasteiger partial charge in [0.05, 0.1) is 7.11 Å². The summed E-state index contributed by atoms with van der Waals surface area (Å²) in [5.41, 5.74) is 2.93. The van der Waals surface area contributed by atoms with E-state index in [0.29, 0.717) is 0 Å². The van der Waals surface area contributed by atoms with Gasteiger partial charge in [-0.15, -0.1) is 0 Å². The van der Waals surface area contributed by atoms with Crippen LogP contribution in [0.5, 0.6) is 5.75 Å². The minimum absolute atomic E-state index is 0.797. The highest BCUT2D eigenvalue weighted by atomic mass is 16.5. The predicted octanol–water partition coefficient (Wildman–Crippen LogP) is 2.66. The van der Waals surface area contributed by atoms with Crippen LogP contribution in [0.4, 0.5) is 0 Å². The number of ether oxygens (including phenoxy) is 1. The van der Waals surface area contributed by atoms with Crippen LogP contribution in [0.25, 0.3) is 11.3 Å². The summed E-state index contributed by atoms with van der Waals surface area (Å²) < 4.78 is 10.0. The van der Waals surface area contributed by atoms with Crippen molar-refractivity contribution >= 4 is 0 Å². The minimum atomic E-state index is 0.797. The molecule has 72 valence electrons. The van der Waals surface area contributed by atoms with Gasteiger partial charge in [0.2, 0.25) is 0 Å². The number of benzene rings is 1. The smallest absolute Gasteiger partial charge is 0.128 e. The van der Waals surface area contributed by atoms with E-state index < -0.39 is 0 Å². The first kappa shape index (κ1) is 8.81. The van der Waals surface area contributed by atoms with E-state index in [2.05, 4.69) is 5.16 Å². The van der Waals surface area contributed by atoms with Gasteiger partial charge in [0, 0.05) is 11.6 Å². The highest BCUT2D eigenvalue weighted by Crippen LogP contribution is 2.29. The zero-order valence-corrected chi connectivity index (χ0v) is 8.15. The summed E-state index contributed by atoms with van der Waals surface area (Å²) in [5, 5.41) is 3.88. The predicted molar refractivity (Wildman–Crippen MR) is 53.2 cm³/mol. The third-order valence-corrected chi connectivity index (χ3v) is 2.07. The maximum atomic E-state index is 5.24. The number of rotatable bonds is 2. The Bertz CT molecular complexity index is 421. The molecule has 2 aromatic rings. The Morgan fingerprint density at radius 2 is 2.14 bits per heavy atom. The Morgan fingerprint density at radius 3 is 2.79 bits per heavy atom. The van der Waals surface area contributed by atoms with Crippen LogP contribution in [0.2, 0.25) is 0 Å². The lowest BCUT2D eigenvalue weighted by Gasteiger charge is -2.06. The van der Waals surface area contributed by atoms with Gasteiger partial charge in [-0.25, -0.2) is 0 Å². The minimum Gasteiger partial charge on any atom is -0.496 e. The van der Waals surface area contributed by atoms with E-state index in [1.165, 1.54) is 5.56 Å². The molecular weight excluding hydrogens is 178 g/mol. The molecule has 0 aliphatic rings. The molecule has 1 heterocycles. The molecule has 0 saturated heterocycles. The molecule has 0 N–H and O–H groups in total. The zero-order chi connectivity index (χ0) is 9.97. The van der Waals surface area contributed by atoms with Crippen LogP contribution in [0.3, 0.4) is 0 Å². The van der Waals surface area contributed by atoms with Gasteiger partial charge in [-0.3, -0.25) is 0 Å². The van der Waals surface area contributed by atoms with Crippen molar-refractivity contribution in [2.75, 3.05) is 7.11 Å². The number of nitrogens with zero attached hydrogens (tertiary/aromatic N) is 1. The van der Waals surface area contributed by atoms with Crippen molar-refractivity contribution in [1.29, 1.82) is 0 Å². The van der Waals surface area contributed by atoms with Crippen LogP contribution in [-0.2, 0) is 0 Å². The third-order valence-electron chi connectivity index (χ3n) is 2.07. The van der Waals surface area contributed by atoms with Crippen molar-refractivity contribution in [3.05, 3.63) is 36.1 Å². The van der Waals surface area contributed by atoms with Gasteiger partial charge in [0.25, 0.3) is 0 Å². The largest absolute Gasteiger partial charge is 0.496 e. The Kier molecular flexibility index (Phi) is 2.23. The second kappa shape index (κ2) is 3.54. The first-order valence-corrected chi connectivity index (χ1v) is 4.36. The van der Waals surface area contributed by atoms with Gasteiger partial charge >= 0.3 is 0 Å². The van der Waals surface area contributed by atoms with Gasteiger partial charge in [0.1, 0.15) is 17.7 Å². The van der Waals surface area contributed by atoms with Gasteiger partial charge in [0.15, 0.2) is 0 Å². The van der Waals surface area contributed by atoms with Gasteiger partial charge < -0.3 is 9.26 Å². The Labute approximate surface area is 82.3 Å². The van der Waals surface area contributed by atoms with Crippen molar-refractivity contribution in [2.24, 2.45) is 0 Å². The molecule has 0 saturated carbocycles. The molecule has 1 aromatic carbocycles. The quantitative estimate of drug-likeness (QED) is 0.728. The molecule has 1 aromatic heterocycles. The van der Waals surface area contributed by atoms with E-state index in [0.717, 1.165) is 17.0 Å². The van der Waals surface area contributed by atoms with Crippen molar-refractivity contribution in [2.45, 2.75) is 6.92 Å². The molecule has 0 atom stereocenters. The standard InChI is InChI=1S/C11H11NO2/c1-8-3-4-11(13-2)9(7-8)10-5-6-14-12-10/h3-7H,1-2H3. The second-order valence-electron chi connectivity index (χ2n) is 3.09. The summed E-state index contributed by atoms with van der Waals surface area (Å²) >= 11 is 0. The number of methoxy groups -OCH3 is 1. The lowest BCUT2D eigenvalue weighted by atomic mass is 10.1. The van der Waals surface area contributed by atoms with Crippen LogP contribution in [0, 0.1) is 6.92 Å². The molecule has 0 fully saturated rings. The fraction of sp³-hybridized carbons (Fsp3) is 0.182.